The third-order valence-corrected chi connectivity index (χ3v) is 3.33. The van der Waals surface area contributed by atoms with Gasteiger partial charge < -0.3 is 20.9 Å². The SMILES string of the molecule is COCC(N)CCNC(=O)c1ccc2ccccc2c1O. The van der Waals surface area contributed by atoms with Gasteiger partial charge in [0, 0.05) is 25.1 Å². The van der Waals surface area contributed by atoms with E-state index in [4.69, 9.17) is 10.5 Å². The number of nitrogens with two attached hydrogens (primary N) is 1. The van der Waals surface area contributed by atoms with E-state index in [1.165, 1.54) is 0 Å². The van der Waals surface area contributed by atoms with E-state index < -0.39 is 0 Å². The second-order valence-electron chi connectivity index (χ2n) is 4.94. The number of phenolic OH excluding ortho intramolecular Hbond substituents is 1. The van der Waals surface area contributed by atoms with Gasteiger partial charge in [-0.1, -0.05) is 30.3 Å². The van der Waals surface area contributed by atoms with Crippen LogP contribution in [-0.2, 0) is 4.74 Å². The summed E-state index contributed by atoms with van der Waals surface area (Å²) in [6, 6.07) is 10.7. The molecule has 0 aliphatic heterocycles. The molecular weight excluding hydrogens is 268 g/mol. The summed E-state index contributed by atoms with van der Waals surface area (Å²) < 4.78 is 4.94. The smallest absolute Gasteiger partial charge is 0.255 e. The number of hydrogen-bond acceptors (Lipinski definition) is 4. The number of carbonyl (C=O) groups excluding carboxylic acids is 1. The maximum Gasteiger partial charge on any atom is 0.255 e. The molecule has 0 saturated carbocycles. The van der Waals surface area contributed by atoms with Crippen molar-refractivity contribution < 1.29 is 14.6 Å². The van der Waals surface area contributed by atoms with Crippen LogP contribution in [0.4, 0.5) is 0 Å². The highest BCUT2D eigenvalue weighted by Crippen LogP contribution is 2.28. The Hall–Kier alpha value is -2.11. The zero-order valence-corrected chi connectivity index (χ0v) is 12.0. The number of aromatic hydroxyl groups is 1. The van der Waals surface area contributed by atoms with E-state index in [9.17, 15) is 9.90 Å². The van der Waals surface area contributed by atoms with Crippen LogP contribution in [0, 0.1) is 0 Å². The lowest BCUT2D eigenvalue weighted by Gasteiger charge is -2.12. The summed E-state index contributed by atoms with van der Waals surface area (Å²) in [7, 11) is 1.59. The van der Waals surface area contributed by atoms with Crippen LogP contribution in [0.2, 0.25) is 0 Å². The van der Waals surface area contributed by atoms with Crippen molar-refractivity contribution in [1.29, 1.82) is 0 Å². The minimum atomic E-state index is -0.303. The molecule has 5 nitrogen and oxygen atoms in total. The number of phenols is 1. The van der Waals surface area contributed by atoms with Crippen LogP contribution >= 0.6 is 0 Å². The van der Waals surface area contributed by atoms with Gasteiger partial charge in [0.1, 0.15) is 5.75 Å². The van der Waals surface area contributed by atoms with Crippen molar-refractivity contribution in [2.45, 2.75) is 12.5 Å². The van der Waals surface area contributed by atoms with E-state index in [1.807, 2.05) is 24.3 Å². The number of methoxy groups -OCH3 is 1. The Balaban J connectivity index is 2.04. The first-order valence-electron chi connectivity index (χ1n) is 6.87. The quantitative estimate of drug-likeness (QED) is 0.754. The summed E-state index contributed by atoms with van der Waals surface area (Å²) in [5.41, 5.74) is 6.06. The molecule has 0 radical (unpaired) electrons. The van der Waals surface area contributed by atoms with E-state index in [0.717, 1.165) is 5.39 Å². The van der Waals surface area contributed by atoms with Gasteiger partial charge in [-0.2, -0.15) is 0 Å². The zero-order chi connectivity index (χ0) is 15.2. The van der Waals surface area contributed by atoms with Gasteiger partial charge >= 0.3 is 0 Å². The number of fused-ring (bicyclic) bond motifs is 1. The topological polar surface area (TPSA) is 84.6 Å². The van der Waals surface area contributed by atoms with Crippen molar-refractivity contribution >= 4 is 16.7 Å². The number of carbonyl (C=O) groups is 1. The maximum atomic E-state index is 12.1. The predicted octanol–water partition coefficient (Wildman–Crippen LogP) is 1.64. The highest BCUT2D eigenvalue weighted by atomic mass is 16.5. The number of nitrogens with one attached hydrogen (secondary N) is 1. The molecule has 2 aromatic rings. The third kappa shape index (κ3) is 3.71. The maximum absolute atomic E-state index is 12.1. The molecule has 1 amide bonds. The average molecular weight is 288 g/mol. The number of hydrogen-bond donors (Lipinski definition) is 3. The van der Waals surface area contributed by atoms with Crippen LogP contribution in [0.1, 0.15) is 16.8 Å². The van der Waals surface area contributed by atoms with Crippen molar-refractivity contribution in [3.05, 3.63) is 42.0 Å². The van der Waals surface area contributed by atoms with E-state index in [1.54, 1.807) is 19.2 Å². The standard InChI is InChI=1S/C16H20N2O3/c1-21-10-12(17)8-9-18-16(20)14-7-6-11-4-2-3-5-13(11)15(14)19/h2-7,12,19H,8-10,17H2,1H3,(H,18,20). The van der Waals surface area contributed by atoms with Crippen LogP contribution in [0.15, 0.2) is 36.4 Å². The van der Waals surface area contributed by atoms with Gasteiger partial charge in [-0.25, -0.2) is 0 Å². The molecule has 0 aliphatic rings. The fourth-order valence-corrected chi connectivity index (χ4v) is 2.20. The lowest BCUT2D eigenvalue weighted by atomic mass is 10.0. The van der Waals surface area contributed by atoms with Crippen LogP contribution in [-0.4, -0.2) is 37.3 Å². The predicted molar refractivity (Wildman–Crippen MR) is 82.4 cm³/mol. The molecule has 0 heterocycles. The fourth-order valence-electron chi connectivity index (χ4n) is 2.20. The van der Waals surface area contributed by atoms with E-state index in [2.05, 4.69) is 5.32 Å². The third-order valence-electron chi connectivity index (χ3n) is 3.33. The van der Waals surface area contributed by atoms with Crippen molar-refractivity contribution in [1.82, 2.24) is 5.32 Å². The Morgan fingerprint density at radius 3 is 2.86 bits per heavy atom. The van der Waals surface area contributed by atoms with Crippen molar-refractivity contribution in [2.75, 3.05) is 20.3 Å². The summed E-state index contributed by atoms with van der Waals surface area (Å²) in [4.78, 5) is 12.1. The van der Waals surface area contributed by atoms with E-state index in [-0.39, 0.29) is 23.3 Å². The van der Waals surface area contributed by atoms with Gasteiger partial charge in [0.05, 0.1) is 12.2 Å². The second-order valence-corrected chi connectivity index (χ2v) is 4.94. The Kier molecular flexibility index (Phi) is 5.14. The molecule has 5 heteroatoms. The van der Waals surface area contributed by atoms with Crippen LogP contribution < -0.4 is 11.1 Å². The van der Waals surface area contributed by atoms with Gasteiger partial charge in [-0.15, -0.1) is 0 Å². The summed E-state index contributed by atoms with van der Waals surface area (Å²) in [5.74, 6) is -0.297. The van der Waals surface area contributed by atoms with Gasteiger partial charge in [0.2, 0.25) is 0 Å². The molecule has 21 heavy (non-hydrogen) atoms. The number of benzene rings is 2. The Morgan fingerprint density at radius 1 is 1.33 bits per heavy atom. The number of rotatable bonds is 6. The molecule has 0 spiro atoms. The van der Waals surface area contributed by atoms with Crippen LogP contribution in [0.25, 0.3) is 10.8 Å². The zero-order valence-electron chi connectivity index (χ0n) is 12.0. The summed E-state index contributed by atoms with van der Waals surface area (Å²) in [6.45, 7) is 0.896. The Bertz CT molecular complexity index is 628. The van der Waals surface area contributed by atoms with E-state index >= 15 is 0 Å². The largest absolute Gasteiger partial charge is 0.506 e. The highest BCUT2D eigenvalue weighted by Gasteiger charge is 2.13. The van der Waals surface area contributed by atoms with Crippen LogP contribution in [0.5, 0.6) is 5.75 Å². The lowest BCUT2D eigenvalue weighted by Crippen LogP contribution is -2.32. The fraction of sp³-hybridized carbons (Fsp3) is 0.312. The van der Waals surface area contributed by atoms with E-state index in [0.29, 0.717) is 25.0 Å². The van der Waals surface area contributed by atoms with Gasteiger partial charge in [0.25, 0.3) is 5.91 Å². The minimum absolute atomic E-state index is 0.00629. The van der Waals surface area contributed by atoms with Crippen molar-refractivity contribution in [3.63, 3.8) is 0 Å². The molecule has 1 unspecified atom stereocenters. The molecule has 112 valence electrons. The first-order valence-corrected chi connectivity index (χ1v) is 6.87. The molecule has 0 saturated heterocycles. The van der Waals surface area contributed by atoms with Gasteiger partial charge in [-0.05, 0) is 17.9 Å². The summed E-state index contributed by atoms with van der Waals surface area (Å²) >= 11 is 0. The minimum Gasteiger partial charge on any atom is -0.506 e. The second kappa shape index (κ2) is 7.06. The Morgan fingerprint density at radius 2 is 2.10 bits per heavy atom. The molecule has 2 aromatic carbocycles. The molecule has 0 aromatic heterocycles. The monoisotopic (exact) mass is 288 g/mol. The molecule has 0 aliphatic carbocycles. The molecule has 0 fully saturated rings. The normalized spacial score (nSPS) is 12.3. The Labute approximate surface area is 123 Å². The van der Waals surface area contributed by atoms with Crippen molar-refractivity contribution in [3.8, 4) is 5.75 Å². The first kappa shape index (κ1) is 15.3. The summed E-state index contributed by atoms with van der Waals surface area (Å²) in [6.07, 6.45) is 0.619. The lowest BCUT2D eigenvalue weighted by molar-refractivity contribution is 0.0948. The molecular formula is C16H20N2O3. The average Bonchev–Trinajstić information content (AvgIpc) is 2.48. The summed E-state index contributed by atoms with van der Waals surface area (Å²) in [5, 5.41) is 14.5. The van der Waals surface area contributed by atoms with Crippen LogP contribution in [0.3, 0.4) is 0 Å². The number of ether oxygens (including phenoxy) is 1. The first-order chi connectivity index (χ1) is 10.1. The number of amides is 1. The van der Waals surface area contributed by atoms with Crippen molar-refractivity contribution in [2.24, 2.45) is 5.73 Å². The molecule has 0 bridgehead atoms. The molecule has 4 N–H and O–H groups in total. The van der Waals surface area contributed by atoms with Gasteiger partial charge in [0.15, 0.2) is 0 Å². The molecule has 2 rings (SSSR count). The van der Waals surface area contributed by atoms with Gasteiger partial charge in [-0.3, -0.25) is 4.79 Å². The highest BCUT2D eigenvalue weighted by molar-refractivity contribution is 6.03. The molecule has 1 atom stereocenters.